The number of piperidine rings is 2. The maximum atomic E-state index is 13.7. The van der Waals surface area contributed by atoms with Gasteiger partial charge in [0.2, 0.25) is 17.5 Å². The zero-order valence-corrected chi connectivity index (χ0v) is 82.3. The number of amides is 1. The summed E-state index contributed by atoms with van der Waals surface area (Å²) >= 11 is 5.69. The predicted octanol–water partition coefficient (Wildman–Crippen LogP) is 16.2. The number of rotatable bonds is 24. The van der Waals surface area contributed by atoms with Crippen molar-refractivity contribution in [2.24, 2.45) is 0 Å². The van der Waals surface area contributed by atoms with E-state index in [2.05, 4.69) is 116 Å². The number of hydrogen-bond donors (Lipinski definition) is 8. The number of nitrogens with one attached hydrogen (secondary N) is 5. The zero-order valence-electron chi connectivity index (χ0n) is 79.6. The van der Waals surface area contributed by atoms with Crippen LogP contribution in [0, 0.1) is 104 Å². The van der Waals surface area contributed by atoms with Gasteiger partial charge in [-0.15, -0.1) is 38.7 Å². The number of nitrogens with two attached hydrogens (primary N) is 2. The Labute approximate surface area is 861 Å². The van der Waals surface area contributed by atoms with E-state index in [0.717, 1.165) is 120 Å². The first kappa shape index (κ1) is 111. The number of nitrogen functional groups attached to an aromatic ring is 2. The van der Waals surface area contributed by atoms with E-state index in [1.807, 2.05) is 123 Å². The van der Waals surface area contributed by atoms with E-state index in [4.69, 9.17) is 79.6 Å². The molecule has 2 saturated heterocycles. The van der Waals surface area contributed by atoms with Gasteiger partial charge in [-0.2, -0.15) is 8.78 Å². The van der Waals surface area contributed by atoms with Gasteiger partial charge in [-0.3, -0.25) is 44.9 Å². The molecule has 0 unspecified atom stereocenters. The fraction of sp³-hybridized carbons (Fsp3) is 0.189. The number of nitro groups is 3. The number of ether oxygens (including phenoxy) is 3. The van der Waals surface area contributed by atoms with Gasteiger partial charge >= 0.3 is 52.6 Å². The van der Waals surface area contributed by atoms with Gasteiger partial charge in [-0.25, -0.2) is 54.6 Å². The largest absolute Gasteiger partial charge is 1.00 e. The van der Waals surface area contributed by atoms with Crippen molar-refractivity contribution in [3.05, 3.63) is 313 Å². The van der Waals surface area contributed by atoms with Gasteiger partial charge in [0.1, 0.15) is 71.6 Å². The van der Waals surface area contributed by atoms with Crippen LogP contribution in [0.1, 0.15) is 94.0 Å². The van der Waals surface area contributed by atoms with E-state index in [0.29, 0.717) is 110 Å². The molecule has 0 radical (unpaired) electrons. The van der Waals surface area contributed by atoms with Crippen molar-refractivity contribution in [1.82, 2.24) is 59.6 Å². The average Bonchev–Trinajstić information content (AvgIpc) is 0.820. The van der Waals surface area contributed by atoms with Crippen molar-refractivity contribution in [2.45, 2.75) is 66.2 Å². The number of likely N-dealkylation sites (tertiary alicyclic amines) is 2. The van der Waals surface area contributed by atoms with E-state index in [9.17, 15) is 48.7 Å². The van der Waals surface area contributed by atoms with E-state index in [-0.39, 0.29) is 75.1 Å². The third-order valence-corrected chi connectivity index (χ3v) is 21.0. The number of benzene rings is 10. The van der Waals surface area contributed by atoms with Crippen molar-refractivity contribution in [1.29, 1.82) is 0 Å². The van der Waals surface area contributed by atoms with Crippen LogP contribution >= 0.6 is 11.6 Å². The van der Waals surface area contributed by atoms with Crippen molar-refractivity contribution in [3.8, 4) is 79.0 Å². The fourth-order valence-electron chi connectivity index (χ4n) is 14.1. The number of nitrogens with zero attached hydrogens (tertiary/aromatic N) is 15. The molecule has 0 aliphatic carbocycles. The van der Waals surface area contributed by atoms with E-state index in [1.165, 1.54) is 76.0 Å². The Kier molecular flexibility index (Phi) is 43.9. The number of nitro benzene ring substituents is 3. The van der Waals surface area contributed by atoms with Crippen LogP contribution in [0.25, 0.3) is 54.5 Å². The standard InChI is InChI=1S/C27H29N5O2.C18H14N4O3.C18H16N4O.C16H9FN4O2.C9H15NO2.C8H3ClFN3O2.C8H7N.C2H5O.Na/c1-3-20-10-8-11-21(16-20)30-27-22-17-24(25(34-4-2)18-23(22)28-19-29-27)31-26(33)12-9-15-32-13-6-5-7-14-32;1-3-12-6-5-7-13(8-12)21-18-14-9-16(22(23)24)17(25-4-2)10-15(14)19-11-20-18;1-3-12-6-5-7-13(8-12)22-18-14-9-15(19)17(23-4-2)10-16(14)20-11-21-18;1-2-10-4-3-5-11(6-10)20-16-12-7-15(21(22)23)13(17)8-14(12)18-9-19-16;11-9(12)5-4-8-10-6-2-1-3-7-10;9-8-4-1-7(13(14)15)5(10)2-6(4)11-3-12-8;1-2-7-4-3-5-8(9)6-7;1-2-3;/h1,8-12,16-19H,4-7,13-15H2,2H3,(H,31,33)(H,28,29,30);1,5-11H,4H2,2H3,(H,19,20,21);1,5-11H,4,19H2,2H3,(H,20,21,22);1,3-9H,(H,18,19,20);4-5H,1-3,6-8H2,(H,11,12);1-3H;1,3-6H,9H2;2H2,1H3;/q;;;;;;;-1;+1/b12-9+;;;;5-4+;;;;. The Hall–Kier alpha value is -17.4. The van der Waals surface area contributed by atoms with Crippen molar-refractivity contribution < 1.29 is 87.1 Å². The van der Waals surface area contributed by atoms with Gasteiger partial charge in [0.15, 0.2) is 5.75 Å². The van der Waals surface area contributed by atoms with E-state index >= 15 is 0 Å². The molecule has 0 bridgehead atoms. The number of carbonyl (C=O) groups excluding carboxylic acids is 1. The van der Waals surface area contributed by atoms with Gasteiger partial charge in [0.25, 0.3) is 0 Å². The second kappa shape index (κ2) is 57.3. The summed E-state index contributed by atoms with van der Waals surface area (Å²) in [5.41, 5.74) is 21.2. The number of aliphatic carboxylic acids is 1. The molecular formula is C106H98ClF2N22NaO13. The first-order valence-corrected chi connectivity index (χ1v) is 45.1. The zero-order chi connectivity index (χ0) is 103. The number of hydrogen-bond acceptors (Lipinski definition) is 30. The van der Waals surface area contributed by atoms with Gasteiger partial charge in [0.05, 0.1) is 84.3 Å². The Morgan fingerprint density at radius 2 is 0.759 bits per heavy atom. The Morgan fingerprint density at radius 1 is 0.434 bits per heavy atom. The van der Waals surface area contributed by atoms with Gasteiger partial charge in [0, 0.05) is 146 Å². The van der Waals surface area contributed by atoms with Crippen molar-refractivity contribution in [3.63, 3.8) is 0 Å². The van der Waals surface area contributed by atoms with Gasteiger partial charge in [-0.1, -0.05) is 103 Å². The molecule has 2 aliphatic heterocycles. The van der Waals surface area contributed by atoms with Crippen LogP contribution in [0.15, 0.2) is 238 Å². The fourth-order valence-corrected chi connectivity index (χ4v) is 14.3. The summed E-state index contributed by atoms with van der Waals surface area (Å²) < 4.78 is 43.5. The normalized spacial score (nSPS) is 11.7. The molecule has 732 valence electrons. The molecule has 5 aromatic heterocycles. The summed E-state index contributed by atoms with van der Waals surface area (Å²) in [7, 11) is 0. The maximum Gasteiger partial charge on any atom is 1.00 e. The molecule has 2 fully saturated rings. The molecule has 7 heterocycles. The Balaban J connectivity index is 0.000000193. The third-order valence-electron chi connectivity index (χ3n) is 20.7. The summed E-state index contributed by atoms with van der Waals surface area (Å²) in [6, 6.07) is 51.0. The quantitative estimate of drug-likeness (QED) is 0.00530. The molecule has 10 aromatic carbocycles. The Bertz CT molecular complexity index is 7390. The van der Waals surface area contributed by atoms with Crippen LogP contribution in [0.2, 0.25) is 5.15 Å². The van der Waals surface area contributed by atoms with Crippen LogP contribution in [0.5, 0.6) is 17.2 Å². The summed E-state index contributed by atoms with van der Waals surface area (Å²) in [5, 5.41) is 68.4. The number of anilines is 11. The molecule has 0 saturated carbocycles. The van der Waals surface area contributed by atoms with E-state index in [1.54, 1.807) is 74.5 Å². The average molecular weight is 1980 g/mol. The molecule has 1 amide bonds. The first-order chi connectivity index (χ1) is 69.7. The van der Waals surface area contributed by atoms with E-state index < -0.39 is 43.7 Å². The molecule has 145 heavy (non-hydrogen) atoms. The third kappa shape index (κ3) is 33.6. The summed E-state index contributed by atoms with van der Waals surface area (Å²) in [6.45, 7) is 14.5. The second-order valence-electron chi connectivity index (χ2n) is 30.7. The molecule has 2 aliphatic rings. The molecular weight excluding hydrogens is 1890 g/mol. The molecule has 39 heteroatoms. The molecule has 0 atom stereocenters. The number of fused-ring (bicyclic) bond motifs is 5. The van der Waals surface area contributed by atoms with Crippen LogP contribution in [0.4, 0.5) is 88.9 Å². The molecule has 17 rings (SSSR count). The minimum absolute atomic E-state index is 0. The van der Waals surface area contributed by atoms with Crippen LogP contribution in [0.3, 0.4) is 0 Å². The number of terminal acetylenes is 5. The summed E-state index contributed by atoms with van der Waals surface area (Å²) in [4.78, 5) is 99.2. The minimum atomic E-state index is -0.943. The predicted molar refractivity (Wildman–Crippen MR) is 556 cm³/mol. The van der Waals surface area contributed by atoms with Gasteiger partial charge in [-0.05, 0) is 176 Å². The number of carboxylic acids is 1. The second-order valence-corrected chi connectivity index (χ2v) is 31.0. The molecule has 15 aromatic rings. The topological polar surface area (TPSA) is 482 Å². The molecule has 10 N–H and O–H groups in total. The van der Waals surface area contributed by atoms with Gasteiger partial charge < -0.3 is 62.5 Å². The monoisotopic (exact) mass is 1980 g/mol. The number of halogens is 3. The van der Waals surface area contributed by atoms with Crippen molar-refractivity contribution >= 4 is 158 Å². The number of aromatic nitrogens is 10. The maximum absolute atomic E-state index is 13.7. The molecule has 0 spiro atoms. The summed E-state index contributed by atoms with van der Waals surface area (Å²) in [5.74, 6) is 13.3. The number of carboxylic acid groups (broad SMARTS) is 1. The first-order valence-electron chi connectivity index (χ1n) is 44.7. The SMILES string of the molecule is C#Cc1cccc(N)c1.C#Cc1cccc(Nc2ncnc3cc(F)c([N+](=O)[O-])cc23)c1.C#Cc1cccc(Nc2ncnc3cc(OCC)c(N)cc23)c1.C#Cc1cccc(Nc2ncnc3cc(OCC)c(NC(=O)/C=C/CN4CCCCC4)cc23)c1.C#Cc1cccc(Nc2ncnc3cc(OCC)c([N+](=O)[O-])cc23)c1.CC[O-].O=C(O)/C=C/CN1CCCCC1.O=[N+]([O-])c1cc2c(Cl)ncnc2cc1F.[Na+]. The summed E-state index contributed by atoms with van der Waals surface area (Å²) in [6.07, 6.45) is 47.6. The minimum Gasteiger partial charge on any atom is -0.855 e. The van der Waals surface area contributed by atoms with Crippen LogP contribution < -0.4 is 86.9 Å². The van der Waals surface area contributed by atoms with Crippen LogP contribution in [-0.4, -0.2) is 157 Å². The molecule has 35 nitrogen and oxygen atoms in total. The number of carbonyl (C=O) groups is 2. The smallest absolute Gasteiger partial charge is 0.855 e. The Morgan fingerprint density at radius 3 is 1.14 bits per heavy atom. The van der Waals surface area contributed by atoms with Crippen molar-refractivity contribution in [2.75, 3.05) is 104 Å². The van der Waals surface area contributed by atoms with Crippen LogP contribution in [-0.2, 0) is 9.59 Å².